The zero-order valence-corrected chi connectivity index (χ0v) is 23.4. The maximum atomic E-state index is 14.9. The SMILES string of the molecule is CC[C@@H](Oc1ccc(-c2noc(=O)[nH]2)c(F)c1)c1sc(-c2ccc(C(F)(F)F)cc2)nc1CN1CCC(C(F)(F)F)CC1. The van der Waals surface area contributed by atoms with Crippen LogP contribution in [0.15, 0.2) is 51.8 Å². The van der Waals surface area contributed by atoms with Gasteiger partial charge < -0.3 is 4.74 Å². The van der Waals surface area contributed by atoms with Crippen LogP contribution in [0.5, 0.6) is 5.75 Å². The molecule has 1 saturated heterocycles. The molecule has 1 N–H and O–H groups in total. The Balaban J connectivity index is 1.43. The van der Waals surface area contributed by atoms with Crippen LogP contribution in [0.1, 0.15) is 48.4 Å². The molecule has 0 bridgehead atoms. The van der Waals surface area contributed by atoms with Gasteiger partial charge in [-0.3, -0.25) is 14.4 Å². The van der Waals surface area contributed by atoms with E-state index in [0.29, 0.717) is 27.6 Å². The third-order valence-electron chi connectivity index (χ3n) is 7.19. The van der Waals surface area contributed by atoms with Gasteiger partial charge in [0.25, 0.3) is 0 Å². The number of aromatic amines is 1. The van der Waals surface area contributed by atoms with Gasteiger partial charge in [-0.05, 0) is 56.6 Å². The summed E-state index contributed by atoms with van der Waals surface area (Å²) in [7, 11) is 0. The van der Waals surface area contributed by atoms with E-state index in [1.54, 1.807) is 0 Å². The summed E-state index contributed by atoms with van der Waals surface area (Å²) in [4.78, 5) is 20.7. The second-order valence-electron chi connectivity index (χ2n) is 10.1. The molecule has 4 aromatic rings. The number of piperidine rings is 1. The van der Waals surface area contributed by atoms with Crippen molar-refractivity contribution in [3.63, 3.8) is 0 Å². The maximum Gasteiger partial charge on any atom is 0.439 e. The zero-order valence-electron chi connectivity index (χ0n) is 22.6. The van der Waals surface area contributed by atoms with Crippen molar-refractivity contribution < 1.29 is 40.0 Å². The van der Waals surface area contributed by atoms with Crippen LogP contribution in [0.3, 0.4) is 0 Å². The van der Waals surface area contributed by atoms with E-state index in [1.807, 2.05) is 11.8 Å². The van der Waals surface area contributed by atoms with Crippen LogP contribution >= 0.6 is 11.3 Å². The molecule has 0 aliphatic carbocycles. The first-order valence-corrected chi connectivity index (χ1v) is 14.1. The Morgan fingerprint density at radius 2 is 1.79 bits per heavy atom. The van der Waals surface area contributed by atoms with Crippen molar-refractivity contribution in [1.82, 2.24) is 20.0 Å². The highest BCUT2D eigenvalue weighted by Gasteiger charge is 2.41. The first-order chi connectivity index (χ1) is 20.3. The van der Waals surface area contributed by atoms with Crippen molar-refractivity contribution in [3.05, 3.63) is 75.0 Å². The number of ether oxygens (including phenoxy) is 1. The molecular formula is C28H25F7N4O3S. The predicted molar refractivity (Wildman–Crippen MR) is 143 cm³/mol. The molecule has 1 fully saturated rings. The number of nitrogens with one attached hydrogen (secondary N) is 1. The quantitative estimate of drug-likeness (QED) is 0.202. The fraction of sp³-hybridized carbons (Fsp3) is 0.393. The van der Waals surface area contributed by atoms with Gasteiger partial charge in [0.1, 0.15) is 22.7 Å². The minimum Gasteiger partial charge on any atom is -0.485 e. The molecule has 1 atom stereocenters. The molecule has 1 aliphatic heterocycles. The third-order valence-corrected chi connectivity index (χ3v) is 8.43. The lowest BCUT2D eigenvalue weighted by Gasteiger charge is -2.32. The van der Waals surface area contributed by atoms with Crippen molar-refractivity contribution in [3.8, 4) is 27.7 Å². The maximum absolute atomic E-state index is 14.9. The minimum absolute atomic E-state index is 0.0171. The first-order valence-electron chi connectivity index (χ1n) is 13.3. The number of nitrogens with zero attached hydrogens (tertiary/aromatic N) is 3. The molecule has 0 radical (unpaired) electrons. The molecule has 0 saturated carbocycles. The number of H-pyrrole nitrogens is 1. The van der Waals surface area contributed by atoms with Gasteiger partial charge in [-0.15, -0.1) is 11.3 Å². The van der Waals surface area contributed by atoms with E-state index in [-0.39, 0.29) is 49.6 Å². The Bertz CT molecular complexity index is 1600. The van der Waals surface area contributed by atoms with Crippen LogP contribution in [0, 0.1) is 11.7 Å². The monoisotopic (exact) mass is 630 g/mol. The first kappa shape index (κ1) is 30.7. The van der Waals surface area contributed by atoms with E-state index in [0.717, 1.165) is 18.2 Å². The number of benzene rings is 2. The van der Waals surface area contributed by atoms with Gasteiger partial charge >= 0.3 is 18.1 Å². The van der Waals surface area contributed by atoms with E-state index < -0.39 is 41.5 Å². The highest BCUT2D eigenvalue weighted by molar-refractivity contribution is 7.15. The fourth-order valence-corrected chi connectivity index (χ4v) is 6.07. The summed E-state index contributed by atoms with van der Waals surface area (Å²) in [5, 5.41) is 3.90. The number of thiazole rings is 1. The molecule has 0 spiro atoms. The van der Waals surface area contributed by atoms with Crippen LogP contribution in [-0.4, -0.2) is 39.3 Å². The third kappa shape index (κ3) is 7.09. The molecule has 1 aliphatic rings. The van der Waals surface area contributed by atoms with Gasteiger partial charge in [0, 0.05) is 18.2 Å². The largest absolute Gasteiger partial charge is 0.485 e. The molecule has 2 aromatic carbocycles. The van der Waals surface area contributed by atoms with Crippen LogP contribution < -0.4 is 10.5 Å². The van der Waals surface area contributed by atoms with Crippen LogP contribution in [-0.2, 0) is 12.7 Å². The molecule has 0 unspecified atom stereocenters. The number of likely N-dealkylation sites (tertiary alicyclic amines) is 1. The number of hydrogen-bond donors (Lipinski definition) is 1. The highest BCUT2D eigenvalue weighted by atomic mass is 32.1. The van der Waals surface area contributed by atoms with Crippen LogP contribution in [0.25, 0.3) is 22.0 Å². The Labute approximate surface area is 244 Å². The fourth-order valence-electron chi connectivity index (χ4n) is 4.88. The lowest BCUT2D eigenvalue weighted by molar-refractivity contribution is -0.185. The van der Waals surface area contributed by atoms with E-state index in [2.05, 4.69) is 19.6 Å². The smallest absolute Gasteiger partial charge is 0.439 e. The predicted octanol–water partition coefficient (Wildman–Crippen LogP) is 7.62. The topological polar surface area (TPSA) is 84.2 Å². The minimum atomic E-state index is -4.50. The standard InChI is InChI=1S/C28H25F7N4O3S/c1-2-22(41-18-7-8-19(20(29)13-18)24-37-26(40)42-38-24)23-21(14-39-11-9-17(10-12-39)28(33,34)35)36-25(43-23)15-3-5-16(6-4-15)27(30,31)32/h3-8,13,17,22H,2,9-12,14H2,1H3,(H,37,38,40)/t22-/m1/s1. The van der Waals surface area contributed by atoms with E-state index in [9.17, 15) is 35.5 Å². The van der Waals surface area contributed by atoms with Gasteiger partial charge in [0.15, 0.2) is 5.82 Å². The van der Waals surface area contributed by atoms with Gasteiger partial charge in [0.05, 0.1) is 27.6 Å². The Kier molecular flexibility index (Phi) is 8.65. The molecule has 43 heavy (non-hydrogen) atoms. The Morgan fingerprint density at radius 3 is 2.35 bits per heavy atom. The molecule has 5 rings (SSSR count). The van der Waals surface area contributed by atoms with E-state index in [4.69, 9.17) is 4.74 Å². The number of aromatic nitrogens is 3. The molecule has 15 heteroatoms. The van der Waals surface area contributed by atoms with Gasteiger partial charge in [-0.1, -0.05) is 24.2 Å². The average Bonchev–Trinajstić information content (AvgIpc) is 3.57. The molecular weight excluding hydrogens is 605 g/mol. The number of rotatable bonds is 8. The number of hydrogen-bond acceptors (Lipinski definition) is 7. The summed E-state index contributed by atoms with van der Waals surface area (Å²) in [6, 6.07) is 8.49. The summed E-state index contributed by atoms with van der Waals surface area (Å²) in [5.41, 5.74) is 0.134. The molecule has 3 heterocycles. The van der Waals surface area contributed by atoms with Crippen molar-refractivity contribution in [1.29, 1.82) is 0 Å². The van der Waals surface area contributed by atoms with Crippen LogP contribution in [0.4, 0.5) is 30.7 Å². The summed E-state index contributed by atoms with van der Waals surface area (Å²) in [5.74, 6) is -2.90. The van der Waals surface area contributed by atoms with Gasteiger partial charge in [0.2, 0.25) is 0 Å². The Morgan fingerprint density at radius 1 is 1.09 bits per heavy atom. The van der Waals surface area contributed by atoms with Crippen molar-refractivity contribution in [2.75, 3.05) is 13.1 Å². The van der Waals surface area contributed by atoms with Crippen molar-refractivity contribution in [2.45, 2.75) is 51.2 Å². The van der Waals surface area contributed by atoms with Gasteiger partial charge in [-0.25, -0.2) is 14.2 Å². The molecule has 0 amide bonds. The number of alkyl halides is 6. The number of halogens is 7. The lowest BCUT2D eigenvalue weighted by Crippen LogP contribution is -2.38. The average molecular weight is 631 g/mol. The Hall–Kier alpha value is -3.72. The van der Waals surface area contributed by atoms with Crippen LogP contribution in [0.2, 0.25) is 0 Å². The molecule has 230 valence electrons. The zero-order chi connectivity index (χ0) is 30.9. The van der Waals surface area contributed by atoms with E-state index in [1.165, 1.54) is 35.6 Å². The summed E-state index contributed by atoms with van der Waals surface area (Å²) in [6.45, 7) is 2.44. The van der Waals surface area contributed by atoms with Crippen molar-refractivity contribution in [2.24, 2.45) is 5.92 Å². The normalized spacial score (nSPS) is 16.0. The summed E-state index contributed by atoms with van der Waals surface area (Å²) >= 11 is 1.20. The molecule has 2 aromatic heterocycles. The second-order valence-corrected chi connectivity index (χ2v) is 11.1. The van der Waals surface area contributed by atoms with E-state index >= 15 is 0 Å². The second kappa shape index (κ2) is 12.1. The lowest BCUT2D eigenvalue weighted by atomic mass is 9.96. The molecule has 7 nitrogen and oxygen atoms in total. The highest BCUT2D eigenvalue weighted by Crippen LogP contribution is 2.40. The van der Waals surface area contributed by atoms with Crippen molar-refractivity contribution >= 4 is 11.3 Å². The summed E-state index contributed by atoms with van der Waals surface area (Å²) < 4.78 is 104. The summed E-state index contributed by atoms with van der Waals surface area (Å²) in [6.07, 6.45) is -9.12. The van der Waals surface area contributed by atoms with Gasteiger partial charge in [-0.2, -0.15) is 26.3 Å².